The highest BCUT2D eigenvalue weighted by molar-refractivity contribution is 5.73. The van der Waals surface area contributed by atoms with Gasteiger partial charge in [-0.1, -0.05) is 40.2 Å². The number of aldehydes is 1. The van der Waals surface area contributed by atoms with Crippen LogP contribution < -0.4 is 0 Å². The van der Waals surface area contributed by atoms with Crippen molar-refractivity contribution in [1.82, 2.24) is 0 Å². The molecule has 0 heterocycles. The van der Waals surface area contributed by atoms with Gasteiger partial charge in [0.1, 0.15) is 6.29 Å². The summed E-state index contributed by atoms with van der Waals surface area (Å²) in [6.45, 7) is 8.64. The molecule has 0 saturated carbocycles. The highest BCUT2D eigenvalue weighted by Gasteiger charge is 2.08. The van der Waals surface area contributed by atoms with Gasteiger partial charge in [0.25, 0.3) is 0 Å². The third-order valence-corrected chi connectivity index (χ3v) is 2.93. The lowest BCUT2D eigenvalue weighted by Crippen LogP contribution is -2.03. The molecule has 0 spiro atoms. The minimum Gasteiger partial charge on any atom is -0.298 e. The molecule has 0 N–H and O–H groups in total. The molecular formula is C13H24O. The number of carbonyl (C=O) groups excluding carboxylic acids is 1. The highest BCUT2D eigenvalue weighted by atomic mass is 16.1. The Hall–Kier alpha value is -0.590. The van der Waals surface area contributed by atoms with E-state index in [2.05, 4.69) is 33.8 Å². The molecular weight excluding hydrogens is 172 g/mol. The van der Waals surface area contributed by atoms with Gasteiger partial charge in [0.05, 0.1) is 0 Å². The van der Waals surface area contributed by atoms with Gasteiger partial charge >= 0.3 is 0 Å². The van der Waals surface area contributed by atoms with Crippen LogP contribution >= 0.6 is 0 Å². The Labute approximate surface area is 88.6 Å². The van der Waals surface area contributed by atoms with Gasteiger partial charge in [0.2, 0.25) is 0 Å². The molecule has 0 saturated heterocycles. The van der Waals surface area contributed by atoms with Crippen molar-refractivity contribution in [2.75, 3.05) is 0 Å². The largest absolute Gasteiger partial charge is 0.298 e. The topological polar surface area (TPSA) is 17.1 Å². The Bertz CT molecular complexity index is 182. The van der Waals surface area contributed by atoms with E-state index in [0.717, 1.165) is 24.7 Å². The fourth-order valence-electron chi connectivity index (χ4n) is 1.60. The van der Waals surface area contributed by atoms with Crippen LogP contribution in [0.1, 0.15) is 53.4 Å². The third-order valence-electron chi connectivity index (χ3n) is 2.93. The number of hydrogen-bond acceptors (Lipinski definition) is 1. The van der Waals surface area contributed by atoms with E-state index in [0.29, 0.717) is 11.8 Å². The van der Waals surface area contributed by atoms with Crippen molar-refractivity contribution in [3.05, 3.63) is 11.6 Å². The van der Waals surface area contributed by atoms with Crippen LogP contribution in [0, 0.1) is 11.8 Å². The van der Waals surface area contributed by atoms with Crippen molar-refractivity contribution in [1.29, 1.82) is 0 Å². The van der Waals surface area contributed by atoms with Crippen LogP contribution in [0.4, 0.5) is 0 Å². The Balaban J connectivity index is 4.44. The molecule has 82 valence electrons. The summed E-state index contributed by atoms with van der Waals surface area (Å²) in [4.78, 5) is 10.9. The quantitative estimate of drug-likeness (QED) is 0.444. The minimum atomic E-state index is 0.415. The molecule has 0 amide bonds. The maximum absolute atomic E-state index is 10.9. The lowest BCUT2D eigenvalue weighted by molar-refractivity contribution is -0.105. The normalized spacial score (nSPS) is 16.4. The number of allylic oxidation sites excluding steroid dienone is 2. The molecule has 1 nitrogen and oxygen atoms in total. The molecule has 2 atom stereocenters. The van der Waals surface area contributed by atoms with Crippen LogP contribution in [0.2, 0.25) is 0 Å². The monoisotopic (exact) mass is 196 g/mol. The summed E-state index contributed by atoms with van der Waals surface area (Å²) in [5, 5.41) is 0. The van der Waals surface area contributed by atoms with E-state index < -0.39 is 0 Å². The zero-order chi connectivity index (χ0) is 11.0. The Morgan fingerprint density at radius 3 is 2.21 bits per heavy atom. The van der Waals surface area contributed by atoms with Gasteiger partial charge in [-0.2, -0.15) is 0 Å². The van der Waals surface area contributed by atoms with E-state index in [1.54, 1.807) is 0 Å². The molecule has 0 aliphatic heterocycles. The highest BCUT2D eigenvalue weighted by Crippen LogP contribution is 2.19. The average molecular weight is 196 g/mol. The predicted molar refractivity (Wildman–Crippen MR) is 62.3 cm³/mol. The second-order valence-corrected chi connectivity index (χ2v) is 4.05. The summed E-state index contributed by atoms with van der Waals surface area (Å²) in [5.41, 5.74) is 0.993. The third kappa shape index (κ3) is 4.59. The van der Waals surface area contributed by atoms with Crippen LogP contribution in [0.5, 0.6) is 0 Å². The van der Waals surface area contributed by atoms with Gasteiger partial charge in [-0.05, 0) is 36.7 Å². The molecule has 14 heavy (non-hydrogen) atoms. The standard InChI is InChI=1S/C13H24O/c1-5-8-12(7-3)9-13(10-14)11(4)6-2/h9-12H,5-8H2,1-4H3/b13-9+. The van der Waals surface area contributed by atoms with Crippen LogP contribution in [-0.4, -0.2) is 6.29 Å². The summed E-state index contributed by atoms with van der Waals surface area (Å²) in [6, 6.07) is 0. The van der Waals surface area contributed by atoms with Crippen molar-refractivity contribution in [2.24, 2.45) is 11.8 Å². The SMILES string of the molecule is CCCC(/C=C(\C=O)C(C)CC)CC. The summed E-state index contributed by atoms with van der Waals surface area (Å²) in [7, 11) is 0. The predicted octanol–water partition coefficient (Wildman–Crippen LogP) is 3.98. The lowest BCUT2D eigenvalue weighted by atomic mass is 9.92. The van der Waals surface area contributed by atoms with E-state index in [4.69, 9.17) is 0 Å². The number of rotatable bonds is 7. The zero-order valence-corrected chi connectivity index (χ0v) is 10.0. The Morgan fingerprint density at radius 2 is 1.86 bits per heavy atom. The first kappa shape index (κ1) is 13.4. The fourth-order valence-corrected chi connectivity index (χ4v) is 1.60. The molecule has 0 bridgehead atoms. The van der Waals surface area contributed by atoms with Gasteiger partial charge in [0, 0.05) is 0 Å². The van der Waals surface area contributed by atoms with E-state index in [9.17, 15) is 4.79 Å². The summed E-state index contributed by atoms with van der Waals surface area (Å²) in [6.07, 6.45) is 7.80. The molecule has 0 aliphatic rings. The summed E-state index contributed by atoms with van der Waals surface area (Å²) in [5.74, 6) is 1.01. The van der Waals surface area contributed by atoms with Gasteiger partial charge in [-0.3, -0.25) is 4.79 Å². The molecule has 0 radical (unpaired) electrons. The smallest absolute Gasteiger partial charge is 0.145 e. The Kier molecular flexibility index (Phi) is 7.45. The molecule has 0 fully saturated rings. The molecule has 1 heteroatoms. The molecule has 0 rings (SSSR count). The van der Waals surface area contributed by atoms with E-state index in [1.807, 2.05) is 0 Å². The van der Waals surface area contributed by atoms with Crippen molar-refractivity contribution in [3.8, 4) is 0 Å². The summed E-state index contributed by atoms with van der Waals surface area (Å²) >= 11 is 0. The van der Waals surface area contributed by atoms with Crippen molar-refractivity contribution in [2.45, 2.75) is 53.4 Å². The van der Waals surface area contributed by atoms with E-state index >= 15 is 0 Å². The van der Waals surface area contributed by atoms with E-state index in [1.165, 1.54) is 12.8 Å². The first-order valence-electron chi connectivity index (χ1n) is 5.86. The van der Waals surface area contributed by atoms with Gasteiger partial charge in [-0.15, -0.1) is 0 Å². The van der Waals surface area contributed by atoms with Crippen LogP contribution in [-0.2, 0) is 4.79 Å². The molecule has 0 aliphatic carbocycles. The molecule has 0 aromatic rings. The van der Waals surface area contributed by atoms with Crippen LogP contribution in [0.3, 0.4) is 0 Å². The molecule has 2 unspecified atom stereocenters. The second-order valence-electron chi connectivity index (χ2n) is 4.05. The maximum atomic E-state index is 10.9. The van der Waals surface area contributed by atoms with Crippen molar-refractivity contribution < 1.29 is 4.79 Å². The first-order valence-corrected chi connectivity index (χ1v) is 5.86. The second kappa shape index (κ2) is 7.78. The molecule has 0 aromatic heterocycles. The maximum Gasteiger partial charge on any atom is 0.145 e. The summed E-state index contributed by atoms with van der Waals surface area (Å²) < 4.78 is 0. The Morgan fingerprint density at radius 1 is 1.21 bits per heavy atom. The van der Waals surface area contributed by atoms with Gasteiger partial charge in [-0.25, -0.2) is 0 Å². The van der Waals surface area contributed by atoms with Gasteiger partial charge < -0.3 is 0 Å². The number of hydrogen-bond donors (Lipinski definition) is 0. The fraction of sp³-hybridized carbons (Fsp3) is 0.769. The van der Waals surface area contributed by atoms with Crippen molar-refractivity contribution in [3.63, 3.8) is 0 Å². The van der Waals surface area contributed by atoms with E-state index in [-0.39, 0.29) is 0 Å². The lowest BCUT2D eigenvalue weighted by Gasteiger charge is -2.13. The number of carbonyl (C=O) groups is 1. The van der Waals surface area contributed by atoms with Gasteiger partial charge in [0.15, 0.2) is 0 Å². The minimum absolute atomic E-state index is 0.415. The van der Waals surface area contributed by atoms with Crippen molar-refractivity contribution >= 4 is 6.29 Å². The zero-order valence-electron chi connectivity index (χ0n) is 10.0. The first-order chi connectivity index (χ1) is 6.69. The van der Waals surface area contributed by atoms with Crippen LogP contribution in [0.15, 0.2) is 11.6 Å². The average Bonchev–Trinajstić information content (AvgIpc) is 2.23. The molecule has 0 aromatic carbocycles. The van der Waals surface area contributed by atoms with Crippen LogP contribution in [0.25, 0.3) is 0 Å².